The summed E-state index contributed by atoms with van der Waals surface area (Å²) in [5.41, 5.74) is 3.99. The fourth-order valence-corrected chi connectivity index (χ4v) is 6.59. The Morgan fingerprint density at radius 2 is 1.55 bits per heavy atom. The monoisotopic (exact) mass is 692 g/mol. The van der Waals surface area contributed by atoms with E-state index in [0.29, 0.717) is 11.4 Å². The molecule has 1 atom stereocenters. The molecule has 0 spiro atoms. The van der Waals surface area contributed by atoms with Gasteiger partial charge in [-0.05, 0) is 66.7 Å². The zero-order valence-corrected chi connectivity index (χ0v) is 28.3. The minimum absolute atomic E-state index is 0.0139. The van der Waals surface area contributed by atoms with Crippen molar-refractivity contribution in [3.05, 3.63) is 137 Å². The molecule has 4 aromatic carbocycles. The molecule has 0 radical (unpaired) electrons. The number of nitrogens with zero attached hydrogens (tertiary/aromatic N) is 5. The van der Waals surface area contributed by atoms with Gasteiger partial charge in [-0.2, -0.15) is 8.42 Å². The lowest BCUT2D eigenvalue weighted by Gasteiger charge is -2.22. The topological polar surface area (TPSA) is 130 Å². The molecule has 11 nitrogen and oxygen atoms in total. The van der Waals surface area contributed by atoms with E-state index in [4.69, 9.17) is 16.7 Å². The molecule has 1 aliphatic heterocycles. The highest BCUT2D eigenvalue weighted by Gasteiger charge is 2.45. The van der Waals surface area contributed by atoms with Crippen molar-refractivity contribution >= 4 is 62.7 Å². The third-order valence-corrected chi connectivity index (χ3v) is 9.59. The van der Waals surface area contributed by atoms with Gasteiger partial charge in [0.05, 0.1) is 17.0 Å². The molecule has 1 saturated heterocycles. The molecular weight excluding hydrogens is 661 g/mol. The van der Waals surface area contributed by atoms with Crippen LogP contribution in [0.2, 0.25) is 0 Å². The number of rotatable bonds is 10. The van der Waals surface area contributed by atoms with E-state index in [9.17, 15) is 18.0 Å². The van der Waals surface area contributed by atoms with Crippen molar-refractivity contribution in [3.63, 3.8) is 0 Å². The van der Waals surface area contributed by atoms with Crippen LogP contribution in [0, 0.1) is 6.92 Å². The summed E-state index contributed by atoms with van der Waals surface area (Å²) in [7, 11) is -2.60. The second-order valence-electron chi connectivity index (χ2n) is 11.4. The van der Waals surface area contributed by atoms with E-state index < -0.39 is 27.9 Å². The average Bonchev–Trinajstić information content (AvgIpc) is 3.55. The molecule has 1 N–H and O–H groups in total. The predicted molar refractivity (Wildman–Crippen MR) is 188 cm³/mol. The molecule has 2 heterocycles. The largest absolute Gasteiger partial charge is 0.486 e. The van der Waals surface area contributed by atoms with Crippen molar-refractivity contribution in [2.45, 2.75) is 30.8 Å². The Kier molecular flexibility index (Phi) is 9.65. The summed E-state index contributed by atoms with van der Waals surface area (Å²) in [6.45, 7) is 1.73. The molecule has 49 heavy (non-hydrogen) atoms. The number of sulfonamides is 1. The summed E-state index contributed by atoms with van der Waals surface area (Å²) in [6.07, 6.45) is 3.74. The van der Waals surface area contributed by atoms with Gasteiger partial charge in [-0.3, -0.25) is 19.8 Å². The molecule has 248 valence electrons. The zero-order valence-electron chi connectivity index (χ0n) is 26.6. The minimum Gasteiger partial charge on any atom is -0.486 e. The van der Waals surface area contributed by atoms with Crippen molar-refractivity contribution in [1.29, 1.82) is 0 Å². The molecule has 0 bridgehead atoms. The van der Waals surface area contributed by atoms with Crippen LogP contribution >= 0.6 is 12.2 Å². The number of carbonyl (C=O) groups excluding carboxylic acids is 2. The van der Waals surface area contributed by atoms with Gasteiger partial charge >= 0.3 is 0 Å². The van der Waals surface area contributed by atoms with Gasteiger partial charge in [0.1, 0.15) is 19.6 Å². The minimum atomic E-state index is -4.16. The number of thiocarbonyl (C=S) groups is 1. The van der Waals surface area contributed by atoms with Crippen LogP contribution in [0.25, 0.3) is 12.2 Å². The lowest BCUT2D eigenvalue weighted by molar-refractivity contribution is -0.752. The molecule has 1 aromatic heterocycles. The third kappa shape index (κ3) is 7.58. The Hall–Kier alpha value is -5.66. The second-order valence-corrected chi connectivity index (χ2v) is 13.4. The molecule has 5 aromatic rings. The molecule has 2 amide bonds. The van der Waals surface area contributed by atoms with Crippen LogP contribution < -0.4 is 25.7 Å². The highest BCUT2D eigenvalue weighted by Crippen LogP contribution is 2.28. The Morgan fingerprint density at radius 1 is 0.939 bits per heavy atom. The second kappa shape index (κ2) is 14.2. The summed E-state index contributed by atoms with van der Waals surface area (Å²) in [6, 6.07) is 31.4. The number of nitrogens with one attached hydrogen (secondary N) is 1. The standard InChI is InChI=1S/C36H32N6O5S2/c1-25-13-21-30(22-14-25)49(45,46)38-34-32(40(2)39-47-34)24-41-31(35(44)42(36(41)48)29-11-7-4-8-12-29)23-33(43)37-28-19-17-27(18-20-28)16-15-26-9-5-3-6-10-26/h3-22,31H,23-24H2,1-2H3,(H,37,43)/b16-15+,38-34-. The van der Waals surface area contributed by atoms with Gasteiger partial charge in [0.15, 0.2) is 5.11 Å². The first-order valence-electron chi connectivity index (χ1n) is 15.3. The average molecular weight is 693 g/mol. The van der Waals surface area contributed by atoms with E-state index in [1.54, 1.807) is 60.5 Å². The number of hydrogen-bond acceptors (Lipinski definition) is 6. The predicted octanol–water partition coefficient (Wildman–Crippen LogP) is 4.36. The van der Waals surface area contributed by atoms with Gasteiger partial charge in [-0.1, -0.05) is 90.5 Å². The molecular formula is C36H32N6O5S2. The first kappa shape index (κ1) is 33.2. The molecule has 0 saturated carbocycles. The number of aryl methyl sites for hydroxylation is 2. The summed E-state index contributed by atoms with van der Waals surface area (Å²) in [5.74, 6) is -0.812. The lowest BCUT2D eigenvalue weighted by Crippen LogP contribution is -2.45. The maximum atomic E-state index is 13.9. The molecule has 13 heteroatoms. The SMILES string of the molecule is Cc1ccc(S(=O)(=O)/N=c2\o[n-][n+](C)c2CN2C(=S)N(c3ccccc3)C(=O)C2CC(=O)Nc2ccc(/C=C/c3ccccc3)cc2)cc1. The van der Waals surface area contributed by atoms with Crippen molar-refractivity contribution in [2.75, 3.05) is 10.2 Å². The van der Waals surface area contributed by atoms with E-state index in [1.165, 1.54) is 21.7 Å². The smallest absolute Gasteiger partial charge is 0.289 e. The van der Waals surface area contributed by atoms with Crippen molar-refractivity contribution in [3.8, 4) is 0 Å². The summed E-state index contributed by atoms with van der Waals surface area (Å²) >= 11 is 5.80. The summed E-state index contributed by atoms with van der Waals surface area (Å²) < 4.78 is 36.9. The molecule has 1 fully saturated rings. The van der Waals surface area contributed by atoms with E-state index in [1.807, 2.05) is 67.6 Å². The summed E-state index contributed by atoms with van der Waals surface area (Å²) in [5, 5.41) is 6.90. The van der Waals surface area contributed by atoms with Gasteiger partial charge in [-0.25, -0.2) is 4.68 Å². The fraction of sp³-hybridized carbons (Fsp3) is 0.139. The molecule has 6 rings (SSSR count). The maximum absolute atomic E-state index is 13.9. The lowest BCUT2D eigenvalue weighted by atomic mass is 10.1. The fourth-order valence-electron chi connectivity index (χ4n) is 5.26. The normalized spacial score (nSPS) is 15.4. The van der Waals surface area contributed by atoms with E-state index >= 15 is 0 Å². The van der Waals surface area contributed by atoms with Crippen LogP contribution in [0.5, 0.6) is 0 Å². The van der Waals surface area contributed by atoms with Crippen LogP contribution in [0.3, 0.4) is 0 Å². The van der Waals surface area contributed by atoms with Crippen molar-refractivity contribution in [2.24, 2.45) is 11.4 Å². The van der Waals surface area contributed by atoms with Crippen LogP contribution in [-0.2, 0) is 33.2 Å². The van der Waals surface area contributed by atoms with Crippen LogP contribution in [-0.4, -0.2) is 36.3 Å². The van der Waals surface area contributed by atoms with Crippen molar-refractivity contribution in [1.82, 2.24) is 10.2 Å². The van der Waals surface area contributed by atoms with Crippen molar-refractivity contribution < 1.29 is 27.2 Å². The molecule has 1 aliphatic rings. The van der Waals surface area contributed by atoms with E-state index in [0.717, 1.165) is 16.7 Å². The first-order chi connectivity index (χ1) is 23.6. The maximum Gasteiger partial charge on any atom is 0.289 e. The van der Waals surface area contributed by atoms with E-state index in [2.05, 4.69) is 15.0 Å². The Balaban J connectivity index is 1.25. The number of anilines is 2. The number of carbonyl (C=O) groups is 2. The van der Waals surface area contributed by atoms with Gasteiger partial charge in [0.25, 0.3) is 27.2 Å². The zero-order chi connectivity index (χ0) is 34.5. The number of benzene rings is 4. The number of para-hydroxylation sites is 1. The van der Waals surface area contributed by atoms with Gasteiger partial charge in [0, 0.05) is 5.69 Å². The van der Waals surface area contributed by atoms with Gasteiger partial charge in [0.2, 0.25) is 5.91 Å². The molecule has 1 unspecified atom stereocenters. The van der Waals surface area contributed by atoms with E-state index in [-0.39, 0.29) is 34.2 Å². The summed E-state index contributed by atoms with van der Waals surface area (Å²) in [4.78, 5) is 30.3. The van der Waals surface area contributed by atoms with Gasteiger partial charge in [-0.15, -0.1) is 4.40 Å². The first-order valence-corrected chi connectivity index (χ1v) is 17.2. The Morgan fingerprint density at radius 3 is 2.20 bits per heavy atom. The van der Waals surface area contributed by atoms with Crippen LogP contribution in [0.1, 0.15) is 28.8 Å². The van der Waals surface area contributed by atoms with Gasteiger partial charge < -0.3 is 14.7 Å². The number of hydrogen-bond donors (Lipinski definition) is 1. The number of aromatic nitrogens is 2. The van der Waals surface area contributed by atoms with Crippen LogP contribution in [0.4, 0.5) is 11.4 Å². The quantitative estimate of drug-likeness (QED) is 0.130. The highest BCUT2D eigenvalue weighted by molar-refractivity contribution is 7.90. The van der Waals surface area contributed by atoms with Crippen LogP contribution in [0.15, 0.2) is 123 Å². The third-order valence-electron chi connectivity index (χ3n) is 7.90. The Bertz CT molecular complexity index is 2200. The number of amides is 2. The molecule has 0 aliphatic carbocycles. The Labute approximate surface area is 288 Å². The highest BCUT2D eigenvalue weighted by atomic mass is 32.2.